The van der Waals surface area contributed by atoms with E-state index in [2.05, 4.69) is 17.6 Å². The Morgan fingerprint density at radius 3 is 2.57 bits per heavy atom. The summed E-state index contributed by atoms with van der Waals surface area (Å²) in [4.78, 5) is 12.1. The molecule has 21 heavy (non-hydrogen) atoms. The van der Waals surface area contributed by atoms with Gasteiger partial charge in [-0.2, -0.15) is 13.2 Å². The molecule has 1 fully saturated rings. The van der Waals surface area contributed by atoms with E-state index in [0.717, 1.165) is 19.4 Å². The third-order valence-electron chi connectivity index (χ3n) is 3.31. The minimum atomic E-state index is -4.31. The Bertz CT molecular complexity index is 490. The van der Waals surface area contributed by atoms with Crippen LogP contribution in [-0.2, 0) is 0 Å². The van der Waals surface area contributed by atoms with Gasteiger partial charge in [0.1, 0.15) is 0 Å². The Labute approximate surface area is 125 Å². The van der Waals surface area contributed by atoms with E-state index in [1.54, 1.807) is 0 Å². The number of halogens is 3. The molecule has 0 aliphatic carbocycles. The number of alkyl halides is 3. The lowest BCUT2D eigenvalue weighted by Crippen LogP contribution is -2.46. The second-order valence-electron chi connectivity index (χ2n) is 5.12. The van der Waals surface area contributed by atoms with Crippen molar-refractivity contribution in [1.82, 2.24) is 10.6 Å². The standard InChI is InChI=1S/C14H17F3N2OS/c1-9-8-11(6-7-18-9)19-13(20)10-2-4-12(5-3-10)21-14(15,16)17/h2-5,9,11,18H,6-8H2,1H3,(H,19,20). The first-order valence-electron chi connectivity index (χ1n) is 6.73. The van der Waals surface area contributed by atoms with Crippen LogP contribution in [0.15, 0.2) is 29.2 Å². The summed E-state index contributed by atoms with van der Waals surface area (Å²) in [5, 5.41) is 6.22. The molecule has 0 aromatic heterocycles. The van der Waals surface area contributed by atoms with Crippen LogP contribution in [0.4, 0.5) is 13.2 Å². The molecule has 2 atom stereocenters. The monoisotopic (exact) mass is 318 g/mol. The number of hydrogen-bond donors (Lipinski definition) is 2. The molecule has 0 bridgehead atoms. The Morgan fingerprint density at radius 1 is 1.33 bits per heavy atom. The number of carbonyl (C=O) groups excluding carboxylic acids is 1. The quantitative estimate of drug-likeness (QED) is 0.841. The molecule has 1 aliphatic rings. The molecule has 7 heteroatoms. The Morgan fingerprint density at radius 2 is 2.00 bits per heavy atom. The lowest BCUT2D eigenvalue weighted by Gasteiger charge is -2.28. The van der Waals surface area contributed by atoms with Crippen molar-refractivity contribution in [3.63, 3.8) is 0 Å². The fourth-order valence-corrected chi connectivity index (χ4v) is 2.88. The Hall–Kier alpha value is -1.21. The van der Waals surface area contributed by atoms with Crippen LogP contribution in [0.2, 0.25) is 0 Å². The number of hydrogen-bond acceptors (Lipinski definition) is 3. The number of piperidine rings is 1. The van der Waals surface area contributed by atoms with Gasteiger partial charge in [0.05, 0.1) is 0 Å². The van der Waals surface area contributed by atoms with Gasteiger partial charge in [0.25, 0.3) is 5.91 Å². The van der Waals surface area contributed by atoms with Crippen LogP contribution in [-0.4, -0.2) is 30.0 Å². The van der Waals surface area contributed by atoms with Gasteiger partial charge in [-0.25, -0.2) is 0 Å². The minimum Gasteiger partial charge on any atom is -0.349 e. The van der Waals surface area contributed by atoms with Crippen molar-refractivity contribution in [3.05, 3.63) is 29.8 Å². The summed E-state index contributed by atoms with van der Waals surface area (Å²) in [6.45, 7) is 2.91. The van der Waals surface area contributed by atoms with Crippen LogP contribution in [0.5, 0.6) is 0 Å². The van der Waals surface area contributed by atoms with Crippen molar-refractivity contribution < 1.29 is 18.0 Å². The van der Waals surface area contributed by atoms with Crippen molar-refractivity contribution in [2.45, 2.75) is 42.3 Å². The SMILES string of the molecule is CC1CC(NC(=O)c2ccc(SC(F)(F)F)cc2)CCN1. The van der Waals surface area contributed by atoms with E-state index in [1.165, 1.54) is 24.3 Å². The van der Waals surface area contributed by atoms with Crippen molar-refractivity contribution in [2.24, 2.45) is 0 Å². The molecule has 0 radical (unpaired) electrons. The first-order chi connectivity index (χ1) is 9.83. The summed E-state index contributed by atoms with van der Waals surface area (Å²) in [5.41, 5.74) is -3.93. The molecule has 2 N–H and O–H groups in total. The number of carbonyl (C=O) groups is 1. The van der Waals surface area contributed by atoms with E-state index in [4.69, 9.17) is 0 Å². The van der Waals surface area contributed by atoms with Crippen LogP contribution in [0.25, 0.3) is 0 Å². The van der Waals surface area contributed by atoms with Crippen LogP contribution >= 0.6 is 11.8 Å². The summed E-state index contributed by atoms with van der Waals surface area (Å²) in [6.07, 6.45) is 1.71. The molecule has 1 aliphatic heterocycles. The summed E-state index contributed by atoms with van der Waals surface area (Å²) in [6, 6.07) is 5.95. The van der Waals surface area contributed by atoms with Gasteiger partial charge in [-0.15, -0.1) is 0 Å². The number of benzene rings is 1. The summed E-state index contributed by atoms with van der Waals surface area (Å²) >= 11 is -0.183. The van der Waals surface area contributed by atoms with E-state index in [9.17, 15) is 18.0 Å². The lowest BCUT2D eigenvalue weighted by molar-refractivity contribution is -0.0328. The summed E-state index contributed by atoms with van der Waals surface area (Å²) < 4.78 is 36.7. The van der Waals surface area contributed by atoms with Gasteiger partial charge in [0.2, 0.25) is 0 Å². The van der Waals surface area contributed by atoms with E-state index in [-0.39, 0.29) is 28.6 Å². The second kappa shape index (κ2) is 6.70. The molecule has 1 aromatic rings. The van der Waals surface area contributed by atoms with Crippen LogP contribution in [0.3, 0.4) is 0 Å². The average molecular weight is 318 g/mol. The molecular formula is C14H17F3N2OS. The number of rotatable bonds is 3. The molecule has 1 saturated heterocycles. The zero-order valence-electron chi connectivity index (χ0n) is 11.5. The average Bonchev–Trinajstić information content (AvgIpc) is 2.37. The molecule has 0 saturated carbocycles. The van der Waals surface area contributed by atoms with Gasteiger partial charge in [-0.3, -0.25) is 4.79 Å². The molecule has 3 nitrogen and oxygen atoms in total. The number of nitrogens with one attached hydrogen (secondary N) is 2. The molecule has 2 unspecified atom stereocenters. The number of amides is 1. The first-order valence-corrected chi connectivity index (χ1v) is 7.55. The molecule has 116 valence electrons. The van der Waals surface area contributed by atoms with Crippen LogP contribution in [0, 0.1) is 0 Å². The van der Waals surface area contributed by atoms with Crippen LogP contribution < -0.4 is 10.6 Å². The largest absolute Gasteiger partial charge is 0.446 e. The fraction of sp³-hybridized carbons (Fsp3) is 0.500. The predicted molar refractivity (Wildman–Crippen MR) is 76.3 cm³/mol. The first kappa shape index (κ1) is 16.2. The maximum Gasteiger partial charge on any atom is 0.446 e. The van der Waals surface area contributed by atoms with E-state index in [0.29, 0.717) is 11.6 Å². The highest BCUT2D eigenvalue weighted by Crippen LogP contribution is 2.36. The predicted octanol–water partition coefficient (Wildman–Crippen LogP) is 3.17. The van der Waals surface area contributed by atoms with Gasteiger partial charge < -0.3 is 10.6 Å². The second-order valence-corrected chi connectivity index (χ2v) is 6.26. The van der Waals surface area contributed by atoms with Crippen molar-refractivity contribution >= 4 is 17.7 Å². The normalized spacial score (nSPS) is 22.9. The summed E-state index contributed by atoms with van der Waals surface area (Å²) in [7, 11) is 0. The molecular weight excluding hydrogens is 301 g/mol. The third kappa shape index (κ3) is 5.24. The lowest BCUT2D eigenvalue weighted by atomic mass is 10.0. The van der Waals surface area contributed by atoms with Gasteiger partial charge in [0.15, 0.2) is 0 Å². The fourth-order valence-electron chi connectivity index (χ4n) is 2.34. The van der Waals surface area contributed by atoms with Gasteiger partial charge in [-0.05, 0) is 62.3 Å². The van der Waals surface area contributed by atoms with Crippen LogP contribution in [0.1, 0.15) is 30.1 Å². The third-order valence-corrected chi connectivity index (χ3v) is 4.05. The van der Waals surface area contributed by atoms with Gasteiger partial charge in [0, 0.05) is 22.5 Å². The van der Waals surface area contributed by atoms with E-state index >= 15 is 0 Å². The topological polar surface area (TPSA) is 41.1 Å². The van der Waals surface area contributed by atoms with E-state index < -0.39 is 5.51 Å². The van der Waals surface area contributed by atoms with Gasteiger partial charge >= 0.3 is 5.51 Å². The highest BCUT2D eigenvalue weighted by molar-refractivity contribution is 8.00. The van der Waals surface area contributed by atoms with Gasteiger partial charge in [-0.1, -0.05) is 0 Å². The van der Waals surface area contributed by atoms with Crippen molar-refractivity contribution in [2.75, 3.05) is 6.54 Å². The zero-order valence-corrected chi connectivity index (χ0v) is 12.4. The minimum absolute atomic E-state index is 0.0783. The van der Waals surface area contributed by atoms with Crippen molar-refractivity contribution in [1.29, 1.82) is 0 Å². The Kier molecular flexibility index (Phi) is 5.16. The summed E-state index contributed by atoms with van der Waals surface area (Å²) in [5.74, 6) is -0.238. The maximum atomic E-state index is 12.2. The van der Waals surface area contributed by atoms with Crippen molar-refractivity contribution in [3.8, 4) is 0 Å². The molecule has 1 aromatic carbocycles. The molecule has 1 amide bonds. The maximum absolute atomic E-state index is 12.2. The molecule has 1 heterocycles. The smallest absolute Gasteiger partial charge is 0.349 e. The number of thioether (sulfide) groups is 1. The highest BCUT2D eigenvalue weighted by atomic mass is 32.2. The zero-order chi connectivity index (χ0) is 15.5. The highest BCUT2D eigenvalue weighted by Gasteiger charge is 2.29. The molecule has 2 rings (SSSR count). The molecule has 0 spiro atoms. The van der Waals surface area contributed by atoms with E-state index in [1.807, 2.05) is 0 Å². The Balaban J connectivity index is 1.93.